The number of carbonyl (C=O) groups is 2. The Morgan fingerprint density at radius 3 is 2.36 bits per heavy atom. The van der Waals surface area contributed by atoms with Gasteiger partial charge in [-0.15, -0.1) is 0 Å². The summed E-state index contributed by atoms with van der Waals surface area (Å²) < 4.78 is 0. The number of hydrogen-bond donors (Lipinski definition) is 2. The topological polar surface area (TPSA) is 91.0 Å². The van der Waals surface area contributed by atoms with Gasteiger partial charge in [0.1, 0.15) is 11.7 Å². The molecule has 0 saturated heterocycles. The molecule has 1 fully saturated rings. The van der Waals surface area contributed by atoms with Crippen molar-refractivity contribution < 1.29 is 9.59 Å². The van der Waals surface area contributed by atoms with E-state index < -0.39 is 6.04 Å². The van der Waals surface area contributed by atoms with Crippen LogP contribution in [0, 0.1) is 0 Å². The van der Waals surface area contributed by atoms with Crippen molar-refractivity contribution in [3.8, 4) is 0 Å². The van der Waals surface area contributed by atoms with Gasteiger partial charge in [-0.05, 0) is 42.0 Å². The molecule has 7 nitrogen and oxygen atoms in total. The van der Waals surface area contributed by atoms with E-state index in [1.54, 1.807) is 23.4 Å². The monoisotopic (exact) mass is 445 g/mol. The van der Waals surface area contributed by atoms with Crippen LogP contribution in [0.4, 0.5) is 5.69 Å². The minimum Gasteiger partial charge on any atom is -0.351 e. The molecule has 33 heavy (non-hydrogen) atoms. The van der Waals surface area contributed by atoms with Gasteiger partial charge < -0.3 is 10.3 Å². The lowest BCUT2D eigenvalue weighted by Crippen LogP contribution is -2.46. The first-order chi connectivity index (χ1) is 15.8. The van der Waals surface area contributed by atoms with Gasteiger partial charge in [0, 0.05) is 29.7 Å². The van der Waals surface area contributed by atoms with Crippen LogP contribution in [0.3, 0.4) is 0 Å². The van der Waals surface area contributed by atoms with E-state index in [1.165, 1.54) is 12.5 Å². The van der Waals surface area contributed by atoms with Crippen molar-refractivity contribution in [1.82, 2.24) is 20.3 Å². The van der Waals surface area contributed by atoms with Crippen LogP contribution in [0.5, 0.6) is 0 Å². The first-order valence-electron chi connectivity index (χ1n) is 11.5. The highest BCUT2D eigenvalue weighted by molar-refractivity contribution is 6.09. The molecule has 0 radical (unpaired) electrons. The van der Waals surface area contributed by atoms with E-state index in [2.05, 4.69) is 41.0 Å². The molecule has 0 aliphatic heterocycles. The Morgan fingerprint density at radius 1 is 1.06 bits per heavy atom. The molecule has 1 saturated carbocycles. The summed E-state index contributed by atoms with van der Waals surface area (Å²) in [6.45, 7) is 6.43. The highest BCUT2D eigenvalue weighted by Crippen LogP contribution is 2.32. The predicted molar refractivity (Wildman–Crippen MR) is 128 cm³/mol. The lowest BCUT2D eigenvalue weighted by Gasteiger charge is -2.32. The third-order valence-corrected chi connectivity index (χ3v) is 6.17. The quantitative estimate of drug-likeness (QED) is 0.582. The number of amides is 2. The van der Waals surface area contributed by atoms with Crippen molar-refractivity contribution in [3.63, 3.8) is 0 Å². The number of nitrogens with zero attached hydrogens (tertiary/aromatic N) is 3. The first-order valence-corrected chi connectivity index (χ1v) is 11.5. The number of nitrogens with one attached hydrogen (secondary N) is 2. The molecule has 1 aliphatic carbocycles. The highest BCUT2D eigenvalue weighted by Gasteiger charge is 2.35. The lowest BCUT2D eigenvalue weighted by molar-refractivity contribution is -0.123. The molecule has 0 spiro atoms. The zero-order valence-electron chi connectivity index (χ0n) is 19.4. The number of hydrogen-bond acceptors (Lipinski definition) is 4. The van der Waals surface area contributed by atoms with Crippen LogP contribution in [0.2, 0.25) is 0 Å². The molecule has 7 heteroatoms. The number of carbonyl (C=O) groups excluding carboxylic acids is 2. The third kappa shape index (κ3) is 5.13. The molecule has 0 unspecified atom stereocenters. The zero-order valence-corrected chi connectivity index (χ0v) is 19.4. The summed E-state index contributed by atoms with van der Waals surface area (Å²) in [6.07, 6.45) is 10.4. The van der Waals surface area contributed by atoms with Gasteiger partial charge in [-0.1, -0.05) is 51.8 Å². The summed E-state index contributed by atoms with van der Waals surface area (Å²) in [5.41, 5.74) is 2.73. The maximum atomic E-state index is 13.7. The van der Waals surface area contributed by atoms with Crippen molar-refractivity contribution in [1.29, 1.82) is 0 Å². The first kappa shape index (κ1) is 22.7. The number of aromatic nitrogens is 3. The normalized spacial score (nSPS) is 15.2. The molecule has 2 amide bonds. The molecule has 1 atom stereocenters. The third-order valence-electron chi connectivity index (χ3n) is 6.17. The van der Waals surface area contributed by atoms with Crippen molar-refractivity contribution in [3.05, 3.63) is 78.1 Å². The van der Waals surface area contributed by atoms with Crippen molar-refractivity contribution in [2.24, 2.45) is 0 Å². The van der Waals surface area contributed by atoms with E-state index >= 15 is 0 Å². The number of H-pyrrole nitrogens is 1. The summed E-state index contributed by atoms with van der Waals surface area (Å²) >= 11 is 0. The minimum atomic E-state index is -0.865. The number of rotatable bonds is 6. The standard InChI is InChI=1S/C26H31N5O2/c1-26(2,3)19-10-12-21(13-11-19)31(25(33)22-16-28-17-29-22)23(18-7-6-14-27-15-18)24(32)30-20-8-4-5-9-20/h6-7,10-17,20,23H,4-5,8-9H2,1-3H3,(H,28,29)(H,30,32)/t23-/m1/s1. The van der Waals surface area contributed by atoms with Gasteiger partial charge in [0.15, 0.2) is 0 Å². The Morgan fingerprint density at radius 2 is 1.79 bits per heavy atom. The van der Waals surface area contributed by atoms with Crippen LogP contribution in [-0.2, 0) is 10.2 Å². The number of benzene rings is 1. The van der Waals surface area contributed by atoms with Crippen LogP contribution in [-0.4, -0.2) is 32.8 Å². The largest absolute Gasteiger partial charge is 0.351 e. The Labute approximate surface area is 194 Å². The van der Waals surface area contributed by atoms with Crippen LogP contribution in [0.25, 0.3) is 0 Å². The molecule has 1 aliphatic rings. The number of anilines is 1. The molecular formula is C26H31N5O2. The molecule has 172 valence electrons. The zero-order chi connectivity index (χ0) is 23.4. The summed E-state index contributed by atoms with van der Waals surface area (Å²) in [4.78, 5) is 40.0. The SMILES string of the molecule is CC(C)(C)c1ccc(N(C(=O)c2cnc[nH]2)[C@@H](C(=O)NC2CCCC2)c2cccnc2)cc1. The van der Waals surface area contributed by atoms with Crippen molar-refractivity contribution in [2.45, 2.75) is 64.0 Å². The van der Waals surface area contributed by atoms with Gasteiger partial charge in [-0.25, -0.2) is 4.98 Å². The second-order valence-corrected chi connectivity index (χ2v) is 9.62. The second-order valence-electron chi connectivity index (χ2n) is 9.62. The molecule has 1 aromatic carbocycles. The van der Waals surface area contributed by atoms with Gasteiger partial charge in [0.05, 0.1) is 12.5 Å². The van der Waals surface area contributed by atoms with Gasteiger partial charge in [0.2, 0.25) is 5.91 Å². The Hall–Kier alpha value is -3.48. The van der Waals surface area contributed by atoms with E-state index in [9.17, 15) is 9.59 Å². The smallest absolute Gasteiger partial charge is 0.277 e. The van der Waals surface area contributed by atoms with Gasteiger partial charge in [0.25, 0.3) is 5.91 Å². The van der Waals surface area contributed by atoms with E-state index in [4.69, 9.17) is 0 Å². The minimum absolute atomic E-state index is 0.0284. The van der Waals surface area contributed by atoms with Crippen LogP contribution >= 0.6 is 0 Å². The highest BCUT2D eigenvalue weighted by atomic mass is 16.2. The Balaban J connectivity index is 1.79. The summed E-state index contributed by atoms with van der Waals surface area (Å²) in [5, 5.41) is 3.18. The average molecular weight is 446 g/mol. The summed E-state index contributed by atoms with van der Waals surface area (Å²) in [7, 11) is 0. The molecule has 2 N–H and O–H groups in total. The fraction of sp³-hybridized carbons (Fsp3) is 0.385. The molecular weight excluding hydrogens is 414 g/mol. The molecule has 3 aromatic rings. The van der Waals surface area contributed by atoms with E-state index in [-0.39, 0.29) is 23.3 Å². The molecule has 4 rings (SSSR count). The summed E-state index contributed by atoms with van der Waals surface area (Å²) in [5.74, 6) is -0.533. The van der Waals surface area contributed by atoms with Crippen LogP contribution in [0.1, 0.15) is 74.1 Å². The fourth-order valence-corrected chi connectivity index (χ4v) is 4.31. The predicted octanol–water partition coefficient (Wildman–Crippen LogP) is 4.55. The van der Waals surface area contributed by atoms with Gasteiger partial charge in [-0.3, -0.25) is 19.5 Å². The van der Waals surface area contributed by atoms with E-state index in [0.717, 1.165) is 31.2 Å². The van der Waals surface area contributed by atoms with Crippen molar-refractivity contribution in [2.75, 3.05) is 4.90 Å². The second kappa shape index (κ2) is 9.57. The summed E-state index contributed by atoms with van der Waals surface area (Å²) in [6, 6.07) is 10.7. The lowest BCUT2D eigenvalue weighted by atomic mass is 9.87. The maximum absolute atomic E-state index is 13.7. The fourth-order valence-electron chi connectivity index (χ4n) is 4.31. The Bertz CT molecular complexity index is 1070. The average Bonchev–Trinajstić information content (AvgIpc) is 3.51. The van der Waals surface area contributed by atoms with Crippen molar-refractivity contribution >= 4 is 17.5 Å². The molecule has 2 aromatic heterocycles. The van der Waals surface area contributed by atoms with E-state index in [0.29, 0.717) is 16.9 Å². The number of pyridine rings is 1. The molecule has 2 heterocycles. The molecule has 0 bridgehead atoms. The van der Waals surface area contributed by atoms with Gasteiger partial charge >= 0.3 is 0 Å². The van der Waals surface area contributed by atoms with Gasteiger partial charge in [-0.2, -0.15) is 0 Å². The maximum Gasteiger partial charge on any atom is 0.277 e. The van der Waals surface area contributed by atoms with E-state index in [1.807, 2.05) is 30.3 Å². The number of aromatic amines is 1. The van der Waals surface area contributed by atoms with Crippen LogP contribution in [0.15, 0.2) is 61.3 Å². The van der Waals surface area contributed by atoms with Crippen LogP contribution < -0.4 is 10.2 Å². The Kier molecular flexibility index (Phi) is 6.58. The number of imidazole rings is 1.